The molecule has 3 heteroatoms. The minimum Gasteiger partial charge on any atom is -0.463 e. The van der Waals surface area contributed by atoms with Crippen molar-refractivity contribution >= 4 is 5.97 Å². The van der Waals surface area contributed by atoms with Crippen LogP contribution in [-0.2, 0) is 14.3 Å². The molecule has 1 fully saturated rings. The molecular weight excluding hydrogens is 204 g/mol. The van der Waals surface area contributed by atoms with Crippen molar-refractivity contribution in [2.45, 2.75) is 32.3 Å². The first-order chi connectivity index (χ1) is 7.75. The summed E-state index contributed by atoms with van der Waals surface area (Å²) >= 11 is 0. The first kappa shape index (κ1) is 11.4. The van der Waals surface area contributed by atoms with Crippen molar-refractivity contribution in [3.63, 3.8) is 0 Å². The molecule has 0 N–H and O–H groups in total. The molecule has 88 valence electrons. The van der Waals surface area contributed by atoms with Gasteiger partial charge in [0.15, 0.2) is 0 Å². The van der Waals surface area contributed by atoms with Crippen LogP contribution in [0.5, 0.6) is 0 Å². The molecule has 0 aromatic carbocycles. The van der Waals surface area contributed by atoms with Gasteiger partial charge in [-0.1, -0.05) is 30.7 Å². The molecule has 3 nitrogen and oxygen atoms in total. The van der Waals surface area contributed by atoms with Gasteiger partial charge in [-0.3, -0.25) is 4.79 Å². The molecule has 2 aliphatic rings. The van der Waals surface area contributed by atoms with E-state index in [2.05, 4.69) is 18.2 Å². The van der Waals surface area contributed by atoms with E-state index in [0.717, 1.165) is 25.9 Å². The lowest BCUT2D eigenvalue weighted by Gasteiger charge is -2.10. The Morgan fingerprint density at radius 3 is 3.12 bits per heavy atom. The number of carbonyl (C=O) groups is 1. The van der Waals surface area contributed by atoms with Gasteiger partial charge in [0.2, 0.25) is 0 Å². The number of allylic oxidation sites excluding steroid dienone is 4. The second kappa shape index (κ2) is 5.30. The molecule has 1 saturated heterocycles. The molecule has 0 amide bonds. The van der Waals surface area contributed by atoms with Gasteiger partial charge in [-0.2, -0.15) is 0 Å². The third-order valence-electron chi connectivity index (χ3n) is 2.96. The van der Waals surface area contributed by atoms with E-state index in [1.807, 2.05) is 6.92 Å². The van der Waals surface area contributed by atoms with Crippen molar-refractivity contribution < 1.29 is 14.3 Å². The predicted octanol–water partition coefficient (Wildman–Crippen LogP) is 2.23. The molecule has 0 spiro atoms. The Labute approximate surface area is 96.1 Å². The summed E-state index contributed by atoms with van der Waals surface area (Å²) in [5, 5.41) is 0. The van der Waals surface area contributed by atoms with Crippen LogP contribution >= 0.6 is 0 Å². The summed E-state index contributed by atoms with van der Waals surface area (Å²) in [7, 11) is 0. The second-order valence-electron chi connectivity index (χ2n) is 4.48. The van der Waals surface area contributed by atoms with Crippen molar-refractivity contribution in [3.05, 3.63) is 23.8 Å². The number of carbonyl (C=O) groups excluding carboxylic acids is 1. The van der Waals surface area contributed by atoms with Crippen LogP contribution in [0.4, 0.5) is 0 Å². The van der Waals surface area contributed by atoms with Crippen LogP contribution in [0.3, 0.4) is 0 Å². The Balaban J connectivity index is 1.61. The van der Waals surface area contributed by atoms with Crippen LogP contribution in [-0.4, -0.2) is 25.3 Å². The normalized spacial score (nSPS) is 24.1. The van der Waals surface area contributed by atoms with Gasteiger partial charge >= 0.3 is 5.97 Å². The number of hydrogen-bond acceptors (Lipinski definition) is 3. The van der Waals surface area contributed by atoms with Gasteiger partial charge in [-0.15, -0.1) is 0 Å². The lowest BCUT2D eigenvalue weighted by atomic mass is 10.0. The highest BCUT2D eigenvalue weighted by atomic mass is 16.6. The lowest BCUT2D eigenvalue weighted by Crippen LogP contribution is -2.17. The average molecular weight is 222 g/mol. The van der Waals surface area contributed by atoms with Crippen molar-refractivity contribution in [1.29, 1.82) is 0 Å². The topological polar surface area (TPSA) is 38.8 Å². The third-order valence-corrected chi connectivity index (χ3v) is 2.96. The summed E-state index contributed by atoms with van der Waals surface area (Å²) in [6.45, 7) is 3.09. The van der Waals surface area contributed by atoms with Crippen molar-refractivity contribution in [2.75, 3.05) is 13.2 Å². The predicted molar refractivity (Wildman–Crippen MR) is 60.9 cm³/mol. The summed E-state index contributed by atoms with van der Waals surface area (Å²) in [5.74, 6) is -0.109. The van der Waals surface area contributed by atoms with Crippen molar-refractivity contribution in [3.8, 4) is 0 Å². The van der Waals surface area contributed by atoms with Crippen LogP contribution in [0, 0.1) is 5.92 Å². The molecule has 2 rings (SSSR count). The highest BCUT2D eigenvalue weighted by molar-refractivity contribution is 5.72. The van der Waals surface area contributed by atoms with E-state index in [4.69, 9.17) is 9.47 Å². The van der Waals surface area contributed by atoms with Crippen LogP contribution in [0.15, 0.2) is 23.8 Å². The summed E-state index contributed by atoms with van der Waals surface area (Å²) in [5.41, 5.74) is 1.41. The average Bonchev–Trinajstić information content (AvgIpc) is 2.97. The lowest BCUT2D eigenvalue weighted by molar-refractivity contribution is -0.148. The number of epoxide rings is 1. The first-order valence-corrected chi connectivity index (χ1v) is 5.88. The quantitative estimate of drug-likeness (QED) is 0.511. The maximum absolute atomic E-state index is 11.6. The van der Waals surface area contributed by atoms with Crippen LogP contribution in [0.1, 0.15) is 26.2 Å². The van der Waals surface area contributed by atoms with Gasteiger partial charge in [0.25, 0.3) is 0 Å². The molecule has 2 unspecified atom stereocenters. The zero-order valence-electron chi connectivity index (χ0n) is 9.65. The molecular formula is C13H18O3. The van der Waals surface area contributed by atoms with E-state index in [1.54, 1.807) is 0 Å². The second-order valence-corrected chi connectivity index (χ2v) is 4.48. The molecule has 16 heavy (non-hydrogen) atoms. The molecule has 1 aliphatic heterocycles. The summed E-state index contributed by atoms with van der Waals surface area (Å²) in [6, 6.07) is 0. The number of rotatable bonds is 6. The monoisotopic (exact) mass is 222 g/mol. The van der Waals surface area contributed by atoms with E-state index in [-0.39, 0.29) is 18.0 Å². The SMILES string of the molecule is CC(CCC1=CC=CC1)C(=O)OCC1CO1. The number of ether oxygens (including phenoxy) is 2. The van der Waals surface area contributed by atoms with Gasteiger partial charge in [0, 0.05) is 0 Å². The van der Waals surface area contributed by atoms with Crippen LogP contribution < -0.4 is 0 Å². The maximum atomic E-state index is 11.6. The Hall–Kier alpha value is -1.09. The molecule has 0 radical (unpaired) electrons. The minimum absolute atomic E-state index is 0.0137. The summed E-state index contributed by atoms with van der Waals surface area (Å²) in [4.78, 5) is 11.6. The zero-order chi connectivity index (χ0) is 11.4. The van der Waals surface area contributed by atoms with Crippen LogP contribution in [0.25, 0.3) is 0 Å². The van der Waals surface area contributed by atoms with E-state index in [1.165, 1.54) is 5.57 Å². The Kier molecular flexibility index (Phi) is 3.78. The molecule has 2 atom stereocenters. The fourth-order valence-electron chi connectivity index (χ4n) is 1.68. The molecule has 0 saturated carbocycles. The smallest absolute Gasteiger partial charge is 0.308 e. The Morgan fingerprint density at radius 1 is 1.69 bits per heavy atom. The molecule has 0 bridgehead atoms. The van der Waals surface area contributed by atoms with Gasteiger partial charge in [0.1, 0.15) is 12.7 Å². The Bertz CT molecular complexity index is 313. The number of hydrogen-bond donors (Lipinski definition) is 0. The highest BCUT2D eigenvalue weighted by Gasteiger charge is 2.25. The summed E-state index contributed by atoms with van der Waals surface area (Å²) < 4.78 is 10.1. The van der Waals surface area contributed by atoms with Gasteiger partial charge in [-0.05, 0) is 19.3 Å². The van der Waals surface area contributed by atoms with E-state index < -0.39 is 0 Å². The molecule has 1 aliphatic carbocycles. The van der Waals surface area contributed by atoms with Gasteiger partial charge < -0.3 is 9.47 Å². The molecule has 1 heterocycles. The number of esters is 1. The van der Waals surface area contributed by atoms with Gasteiger partial charge in [-0.25, -0.2) is 0 Å². The van der Waals surface area contributed by atoms with Crippen LogP contribution in [0.2, 0.25) is 0 Å². The first-order valence-electron chi connectivity index (χ1n) is 5.88. The van der Waals surface area contributed by atoms with E-state index >= 15 is 0 Å². The minimum atomic E-state index is -0.0953. The Morgan fingerprint density at radius 2 is 2.50 bits per heavy atom. The zero-order valence-corrected chi connectivity index (χ0v) is 9.65. The maximum Gasteiger partial charge on any atom is 0.308 e. The van der Waals surface area contributed by atoms with E-state index in [9.17, 15) is 4.79 Å². The third kappa shape index (κ3) is 3.49. The summed E-state index contributed by atoms with van der Waals surface area (Å²) in [6.07, 6.45) is 9.42. The van der Waals surface area contributed by atoms with Crippen molar-refractivity contribution in [2.24, 2.45) is 5.92 Å². The standard InChI is InChI=1S/C13H18O3/c1-10(6-7-11-4-2-3-5-11)13(14)16-9-12-8-15-12/h2-4,10,12H,5-9H2,1H3. The van der Waals surface area contributed by atoms with E-state index in [0.29, 0.717) is 6.61 Å². The van der Waals surface area contributed by atoms with Crippen molar-refractivity contribution in [1.82, 2.24) is 0 Å². The largest absolute Gasteiger partial charge is 0.463 e. The fourth-order valence-corrected chi connectivity index (χ4v) is 1.68. The van der Waals surface area contributed by atoms with Gasteiger partial charge in [0.05, 0.1) is 12.5 Å². The molecule has 0 aromatic rings. The molecule has 0 aromatic heterocycles. The fraction of sp³-hybridized carbons (Fsp3) is 0.615. The highest BCUT2D eigenvalue weighted by Crippen LogP contribution is 2.20.